The van der Waals surface area contributed by atoms with Crippen molar-refractivity contribution in [2.75, 3.05) is 12.4 Å². The topological polar surface area (TPSA) is 12.0 Å². The van der Waals surface area contributed by atoms with Gasteiger partial charge in [-0.05, 0) is 18.5 Å². The zero-order valence-corrected chi connectivity index (χ0v) is 8.94. The lowest BCUT2D eigenvalue weighted by Gasteiger charge is -2.02. The van der Waals surface area contributed by atoms with Gasteiger partial charge in [0.2, 0.25) is 0 Å². The van der Waals surface area contributed by atoms with Gasteiger partial charge in [0.1, 0.15) is 0 Å². The molecule has 1 N–H and O–H groups in total. The van der Waals surface area contributed by atoms with Crippen molar-refractivity contribution in [3.05, 3.63) is 35.9 Å². The Labute approximate surface area is 84.9 Å². The molecule has 0 unspecified atom stereocenters. The summed E-state index contributed by atoms with van der Waals surface area (Å²) in [5.74, 6) is 2.17. The van der Waals surface area contributed by atoms with Crippen LogP contribution in [0.5, 0.6) is 0 Å². The highest BCUT2D eigenvalue weighted by Crippen LogP contribution is 2.09. The van der Waals surface area contributed by atoms with Crippen LogP contribution >= 0.6 is 11.8 Å². The summed E-state index contributed by atoms with van der Waals surface area (Å²) in [7, 11) is 0. The van der Waals surface area contributed by atoms with E-state index in [2.05, 4.69) is 42.6 Å². The summed E-state index contributed by atoms with van der Waals surface area (Å²) in [6.07, 6.45) is 1.21. The Kier molecular flexibility index (Phi) is 5.70. The van der Waals surface area contributed by atoms with E-state index in [1.54, 1.807) is 0 Å². The smallest absolute Gasteiger partial charge is 0.0421 e. The third kappa shape index (κ3) is 4.96. The Hall–Kier alpha value is -0.470. The van der Waals surface area contributed by atoms with E-state index >= 15 is 0 Å². The van der Waals surface area contributed by atoms with E-state index < -0.39 is 0 Å². The number of rotatable bonds is 6. The molecule has 2 heteroatoms. The zero-order valence-electron chi connectivity index (χ0n) is 8.12. The Morgan fingerprint density at radius 2 is 2.00 bits per heavy atom. The first-order chi connectivity index (χ1) is 6.43. The van der Waals surface area contributed by atoms with Crippen LogP contribution < -0.4 is 5.32 Å². The second-order valence-electron chi connectivity index (χ2n) is 2.98. The van der Waals surface area contributed by atoms with Crippen molar-refractivity contribution in [3.63, 3.8) is 0 Å². The summed E-state index contributed by atoms with van der Waals surface area (Å²) in [5, 5.41) is 3.37. The number of nitrogens with one attached hydrogen (secondary N) is 1. The standard InChI is InChI=1S/C11H17NS/c1-2-8-12-10-13-9-11-6-4-3-5-7-11/h3-7,12H,2,8-10H2,1H3. The molecule has 0 spiro atoms. The van der Waals surface area contributed by atoms with E-state index in [9.17, 15) is 0 Å². The molecule has 0 fully saturated rings. The first kappa shape index (κ1) is 10.6. The highest BCUT2D eigenvalue weighted by Gasteiger charge is 1.90. The molecule has 0 atom stereocenters. The lowest BCUT2D eigenvalue weighted by Crippen LogP contribution is -2.13. The third-order valence-electron chi connectivity index (χ3n) is 1.74. The molecule has 72 valence electrons. The van der Waals surface area contributed by atoms with Crippen LogP contribution in [0.4, 0.5) is 0 Å². The largest absolute Gasteiger partial charge is 0.308 e. The zero-order chi connectivity index (χ0) is 9.36. The molecule has 0 aliphatic heterocycles. The maximum atomic E-state index is 3.37. The maximum Gasteiger partial charge on any atom is 0.0421 e. The van der Waals surface area contributed by atoms with E-state index in [1.807, 2.05) is 11.8 Å². The van der Waals surface area contributed by atoms with E-state index in [0.29, 0.717) is 0 Å². The molecule has 1 aromatic carbocycles. The molecular weight excluding hydrogens is 178 g/mol. The fraction of sp³-hybridized carbons (Fsp3) is 0.455. The van der Waals surface area contributed by atoms with Crippen molar-refractivity contribution in [3.8, 4) is 0 Å². The highest BCUT2D eigenvalue weighted by molar-refractivity contribution is 7.98. The van der Waals surface area contributed by atoms with Crippen LogP contribution in [0, 0.1) is 0 Å². The summed E-state index contributed by atoms with van der Waals surface area (Å²) in [4.78, 5) is 0. The molecule has 1 aromatic rings. The van der Waals surface area contributed by atoms with Crippen molar-refractivity contribution in [1.29, 1.82) is 0 Å². The molecule has 0 bridgehead atoms. The molecule has 1 nitrogen and oxygen atoms in total. The van der Waals surface area contributed by atoms with Gasteiger partial charge in [-0.25, -0.2) is 0 Å². The first-order valence-electron chi connectivity index (χ1n) is 4.76. The number of hydrogen-bond acceptors (Lipinski definition) is 2. The van der Waals surface area contributed by atoms with Crippen LogP contribution in [-0.4, -0.2) is 12.4 Å². The Morgan fingerprint density at radius 1 is 1.23 bits per heavy atom. The lowest BCUT2D eigenvalue weighted by molar-refractivity contribution is 0.756. The molecule has 0 radical (unpaired) electrons. The van der Waals surface area contributed by atoms with Gasteiger partial charge in [0.15, 0.2) is 0 Å². The fourth-order valence-corrected chi connectivity index (χ4v) is 1.88. The van der Waals surface area contributed by atoms with Gasteiger partial charge in [-0.2, -0.15) is 0 Å². The molecule has 0 saturated carbocycles. The monoisotopic (exact) mass is 195 g/mol. The first-order valence-corrected chi connectivity index (χ1v) is 5.91. The molecule has 0 amide bonds. The molecule has 0 aliphatic rings. The summed E-state index contributed by atoms with van der Waals surface area (Å²) in [6.45, 7) is 3.32. The second kappa shape index (κ2) is 6.98. The van der Waals surface area contributed by atoms with Gasteiger partial charge < -0.3 is 5.32 Å². The van der Waals surface area contributed by atoms with Crippen LogP contribution in [0.15, 0.2) is 30.3 Å². The van der Waals surface area contributed by atoms with Gasteiger partial charge in [0.25, 0.3) is 0 Å². The third-order valence-corrected chi connectivity index (χ3v) is 2.69. The number of hydrogen-bond donors (Lipinski definition) is 1. The molecule has 0 aromatic heterocycles. The summed E-state index contributed by atoms with van der Waals surface area (Å²) in [6, 6.07) is 10.6. The predicted octanol–water partition coefficient (Wildman–Crippen LogP) is 2.88. The van der Waals surface area contributed by atoms with Crippen molar-refractivity contribution in [2.24, 2.45) is 0 Å². The maximum absolute atomic E-state index is 3.37. The van der Waals surface area contributed by atoms with Crippen molar-refractivity contribution < 1.29 is 0 Å². The van der Waals surface area contributed by atoms with Crippen LogP contribution in [0.1, 0.15) is 18.9 Å². The van der Waals surface area contributed by atoms with Gasteiger partial charge in [0.05, 0.1) is 0 Å². The molecule has 0 aliphatic carbocycles. The van der Waals surface area contributed by atoms with Crippen LogP contribution in [0.25, 0.3) is 0 Å². The molecule has 0 heterocycles. The average Bonchev–Trinajstić information content (AvgIpc) is 2.19. The van der Waals surface area contributed by atoms with Crippen molar-refractivity contribution >= 4 is 11.8 Å². The number of benzene rings is 1. The van der Waals surface area contributed by atoms with E-state index in [0.717, 1.165) is 18.2 Å². The molecular formula is C11H17NS. The van der Waals surface area contributed by atoms with E-state index in [-0.39, 0.29) is 0 Å². The van der Waals surface area contributed by atoms with E-state index in [4.69, 9.17) is 0 Å². The highest BCUT2D eigenvalue weighted by atomic mass is 32.2. The lowest BCUT2D eigenvalue weighted by atomic mass is 10.2. The summed E-state index contributed by atoms with van der Waals surface area (Å²) in [5.41, 5.74) is 1.41. The second-order valence-corrected chi connectivity index (χ2v) is 3.96. The van der Waals surface area contributed by atoms with Crippen molar-refractivity contribution in [2.45, 2.75) is 19.1 Å². The molecule has 1 rings (SSSR count). The van der Waals surface area contributed by atoms with Crippen molar-refractivity contribution in [1.82, 2.24) is 5.32 Å². The Morgan fingerprint density at radius 3 is 2.69 bits per heavy atom. The fourth-order valence-electron chi connectivity index (χ4n) is 1.06. The minimum Gasteiger partial charge on any atom is -0.308 e. The summed E-state index contributed by atoms with van der Waals surface area (Å²) < 4.78 is 0. The van der Waals surface area contributed by atoms with Gasteiger partial charge in [-0.1, -0.05) is 37.3 Å². The number of thioether (sulfide) groups is 1. The predicted molar refractivity (Wildman–Crippen MR) is 60.9 cm³/mol. The van der Waals surface area contributed by atoms with E-state index in [1.165, 1.54) is 12.0 Å². The SMILES string of the molecule is CCCNCSCc1ccccc1. The van der Waals surface area contributed by atoms with Gasteiger partial charge in [0, 0.05) is 11.6 Å². The van der Waals surface area contributed by atoms with Crippen LogP contribution in [-0.2, 0) is 5.75 Å². The van der Waals surface area contributed by atoms with Crippen LogP contribution in [0.3, 0.4) is 0 Å². The van der Waals surface area contributed by atoms with Gasteiger partial charge in [-0.3, -0.25) is 0 Å². The normalized spacial score (nSPS) is 10.2. The van der Waals surface area contributed by atoms with Crippen LogP contribution in [0.2, 0.25) is 0 Å². The minimum absolute atomic E-state index is 1.06. The Balaban J connectivity index is 2.07. The minimum atomic E-state index is 1.06. The quantitative estimate of drug-likeness (QED) is 0.553. The summed E-state index contributed by atoms with van der Waals surface area (Å²) >= 11 is 1.94. The molecule has 13 heavy (non-hydrogen) atoms. The van der Waals surface area contributed by atoms with Gasteiger partial charge in [-0.15, -0.1) is 11.8 Å². The Bertz CT molecular complexity index is 211. The van der Waals surface area contributed by atoms with Gasteiger partial charge >= 0.3 is 0 Å². The average molecular weight is 195 g/mol. The molecule has 0 saturated heterocycles.